The Morgan fingerprint density at radius 3 is 0.758 bits per heavy atom. The maximum Gasteiger partial charge on any atom is -0.00134 e. The molecule has 14 rings (SSSR count). The van der Waals surface area contributed by atoms with Crippen molar-refractivity contribution in [2.75, 3.05) is 0 Å². The van der Waals surface area contributed by atoms with E-state index in [9.17, 15) is 0 Å². The molecule has 284 valence electrons. The highest BCUT2D eigenvalue weighted by molar-refractivity contribution is 6.41. The average Bonchev–Trinajstić information content (AvgIpc) is 3.88. The van der Waals surface area contributed by atoms with Crippen LogP contribution in [0.2, 0.25) is 0 Å². The van der Waals surface area contributed by atoms with E-state index in [0.717, 1.165) is 0 Å². The molecule has 0 aromatic heterocycles. The van der Waals surface area contributed by atoms with Gasteiger partial charge in [-0.2, -0.15) is 0 Å². The molecule has 0 saturated heterocycles. The summed E-state index contributed by atoms with van der Waals surface area (Å²) in [6, 6.07) is 81.4. The average molecular weight is 781 g/mol. The zero-order chi connectivity index (χ0) is 40.5. The van der Waals surface area contributed by atoms with E-state index < -0.39 is 0 Å². The molecule has 0 unspecified atom stereocenters. The summed E-state index contributed by atoms with van der Waals surface area (Å²) >= 11 is 0. The molecule has 12 aromatic carbocycles. The fraction of sp³-hybridized carbons (Fsp3) is 0. The van der Waals surface area contributed by atoms with Crippen molar-refractivity contribution in [2.45, 2.75) is 0 Å². The Morgan fingerprint density at radius 1 is 0.145 bits per heavy atom. The lowest BCUT2D eigenvalue weighted by Crippen LogP contribution is -1.91. The van der Waals surface area contributed by atoms with Crippen LogP contribution in [0.3, 0.4) is 0 Å². The zero-order valence-electron chi connectivity index (χ0n) is 33.8. The van der Waals surface area contributed by atoms with Crippen LogP contribution in [-0.4, -0.2) is 0 Å². The minimum atomic E-state index is 1.23. The molecule has 0 atom stereocenters. The van der Waals surface area contributed by atoms with Crippen LogP contribution in [0.4, 0.5) is 0 Å². The van der Waals surface area contributed by atoms with Crippen molar-refractivity contribution in [3.05, 3.63) is 218 Å². The van der Waals surface area contributed by atoms with Crippen LogP contribution in [0.15, 0.2) is 218 Å². The summed E-state index contributed by atoms with van der Waals surface area (Å²) in [5, 5.41) is 10.7. The lowest BCUT2D eigenvalue weighted by molar-refractivity contribution is 1.57. The summed E-state index contributed by atoms with van der Waals surface area (Å²) in [6.07, 6.45) is 0. The maximum absolute atomic E-state index is 2.43. The predicted octanol–water partition coefficient (Wildman–Crippen LogP) is 17.4. The first-order chi connectivity index (χ1) is 30.8. The van der Waals surface area contributed by atoms with Crippen molar-refractivity contribution < 1.29 is 0 Å². The summed E-state index contributed by atoms with van der Waals surface area (Å²) in [5.74, 6) is 0. The van der Waals surface area contributed by atoms with E-state index in [4.69, 9.17) is 0 Å². The fourth-order valence-corrected chi connectivity index (χ4v) is 11.4. The number of hydrogen-bond donors (Lipinski definition) is 0. The van der Waals surface area contributed by atoms with Crippen molar-refractivity contribution in [3.8, 4) is 100 Å². The number of fused-ring (bicyclic) bond motifs is 8. The normalized spacial score (nSPS) is 12.2. The molecule has 0 heterocycles. The van der Waals surface area contributed by atoms with Crippen molar-refractivity contribution in [1.29, 1.82) is 0 Å². The first-order valence-electron chi connectivity index (χ1n) is 21.7. The molecular formula is C62H36. The van der Waals surface area contributed by atoms with Crippen LogP contribution in [0.5, 0.6) is 0 Å². The highest BCUT2D eigenvalue weighted by Crippen LogP contribution is 2.60. The van der Waals surface area contributed by atoms with Gasteiger partial charge in [-0.25, -0.2) is 0 Å². The molecule has 62 heavy (non-hydrogen) atoms. The summed E-state index contributed by atoms with van der Waals surface area (Å²) in [5.41, 5.74) is 23.2. The Bertz CT molecular complexity index is 3680. The van der Waals surface area contributed by atoms with Gasteiger partial charge < -0.3 is 0 Å². The van der Waals surface area contributed by atoms with Crippen molar-refractivity contribution >= 4 is 43.1 Å². The topological polar surface area (TPSA) is 0 Å². The van der Waals surface area contributed by atoms with Crippen LogP contribution in [0.25, 0.3) is 143 Å². The molecule has 0 aliphatic heterocycles. The quantitative estimate of drug-likeness (QED) is 0.121. The van der Waals surface area contributed by atoms with E-state index in [1.165, 1.54) is 143 Å². The third-order valence-corrected chi connectivity index (χ3v) is 13.9. The molecule has 2 aliphatic carbocycles. The molecular weight excluding hydrogens is 745 g/mol. The lowest BCUT2D eigenvalue weighted by Gasteiger charge is -2.18. The van der Waals surface area contributed by atoms with E-state index in [1.54, 1.807) is 0 Å². The van der Waals surface area contributed by atoms with E-state index in [1.807, 2.05) is 0 Å². The highest BCUT2D eigenvalue weighted by atomic mass is 14.4. The second-order valence-electron chi connectivity index (χ2n) is 17.0. The fourth-order valence-electron chi connectivity index (χ4n) is 11.4. The van der Waals surface area contributed by atoms with Gasteiger partial charge in [0.15, 0.2) is 0 Å². The van der Waals surface area contributed by atoms with Gasteiger partial charge in [-0.05, 0) is 143 Å². The van der Waals surface area contributed by atoms with Crippen LogP contribution in [-0.2, 0) is 0 Å². The molecule has 12 aromatic rings. The maximum atomic E-state index is 2.43. The van der Waals surface area contributed by atoms with Gasteiger partial charge in [-0.3, -0.25) is 0 Å². The van der Waals surface area contributed by atoms with Crippen LogP contribution in [0.1, 0.15) is 0 Å². The number of rotatable bonds is 5. The van der Waals surface area contributed by atoms with Crippen LogP contribution < -0.4 is 0 Å². The molecule has 2 aliphatic rings. The molecule has 0 bridgehead atoms. The van der Waals surface area contributed by atoms with Gasteiger partial charge >= 0.3 is 0 Å². The number of benzene rings is 12. The minimum absolute atomic E-state index is 1.23. The third-order valence-electron chi connectivity index (χ3n) is 13.9. The van der Waals surface area contributed by atoms with Crippen molar-refractivity contribution in [2.24, 2.45) is 0 Å². The minimum Gasteiger partial charge on any atom is -0.0622 e. The third kappa shape index (κ3) is 4.51. The second kappa shape index (κ2) is 12.7. The van der Waals surface area contributed by atoms with E-state index in [2.05, 4.69) is 218 Å². The molecule has 0 amide bonds. The zero-order valence-corrected chi connectivity index (χ0v) is 33.8. The van der Waals surface area contributed by atoms with Gasteiger partial charge in [-0.1, -0.05) is 218 Å². The monoisotopic (exact) mass is 780 g/mol. The highest BCUT2D eigenvalue weighted by Gasteiger charge is 2.33. The Balaban J connectivity index is 1.07. The molecule has 0 saturated carbocycles. The smallest absolute Gasteiger partial charge is 0.00134 e. The van der Waals surface area contributed by atoms with E-state index >= 15 is 0 Å². The Labute approximate surface area is 360 Å². The predicted molar refractivity (Wildman–Crippen MR) is 264 cm³/mol. The van der Waals surface area contributed by atoms with Crippen molar-refractivity contribution in [1.82, 2.24) is 0 Å². The van der Waals surface area contributed by atoms with Gasteiger partial charge in [0.2, 0.25) is 0 Å². The van der Waals surface area contributed by atoms with E-state index in [0.29, 0.717) is 0 Å². The standard InChI is InChI=1S/C62H36/c1-5-15-37(16-6-1)41-23-13-14-24-45(41)46-28-27-44(40-21-11-4-12-22-40)57-53-35-31-49-47-29-33-51-55-42(38-17-7-2-8-18-38)25-26-43(39-19-9-3-10-20-39)56(55)52-34-30-48(58(47)61(51)52)50-32-36-54(60(46)57)62(53)59(49)50/h1-36H. The molecule has 0 fully saturated rings. The number of hydrogen-bond acceptors (Lipinski definition) is 0. The summed E-state index contributed by atoms with van der Waals surface area (Å²) in [4.78, 5) is 0. The first kappa shape index (κ1) is 33.7. The largest absolute Gasteiger partial charge is 0.0622 e. The summed E-state index contributed by atoms with van der Waals surface area (Å²) < 4.78 is 0. The Hall–Kier alpha value is -8.06. The second-order valence-corrected chi connectivity index (χ2v) is 17.0. The van der Waals surface area contributed by atoms with Gasteiger partial charge in [0.1, 0.15) is 0 Å². The Morgan fingerprint density at radius 2 is 0.403 bits per heavy atom. The SMILES string of the molecule is c1ccc(-c2ccccc2-c2ccc(-c3ccccc3)c3c2-c2ccc4c5ccc6c7c(ccc(c8ccc-3c2c84)c75)-c2c(-c3ccccc3)ccc(-c3ccccc3)c2-6)cc1. The van der Waals surface area contributed by atoms with Crippen LogP contribution in [0, 0.1) is 0 Å². The van der Waals surface area contributed by atoms with Gasteiger partial charge in [-0.15, -0.1) is 0 Å². The first-order valence-corrected chi connectivity index (χ1v) is 21.7. The van der Waals surface area contributed by atoms with Crippen LogP contribution >= 0.6 is 0 Å². The van der Waals surface area contributed by atoms with Gasteiger partial charge in [0.05, 0.1) is 0 Å². The molecule has 0 radical (unpaired) electrons. The molecule has 0 heteroatoms. The molecule has 0 spiro atoms. The summed E-state index contributed by atoms with van der Waals surface area (Å²) in [7, 11) is 0. The van der Waals surface area contributed by atoms with E-state index in [-0.39, 0.29) is 0 Å². The lowest BCUT2D eigenvalue weighted by atomic mass is 9.85. The molecule has 0 nitrogen and oxygen atoms in total. The Kier molecular flexibility index (Phi) is 6.92. The van der Waals surface area contributed by atoms with Gasteiger partial charge in [0, 0.05) is 0 Å². The van der Waals surface area contributed by atoms with Crippen molar-refractivity contribution in [3.63, 3.8) is 0 Å². The molecule has 0 N–H and O–H groups in total. The summed E-state index contributed by atoms with van der Waals surface area (Å²) in [6.45, 7) is 0. The van der Waals surface area contributed by atoms with Gasteiger partial charge in [0.25, 0.3) is 0 Å².